The Labute approximate surface area is 171 Å². The molecule has 0 bridgehead atoms. The summed E-state index contributed by atoms with van der Waals surface area (Å²) in [5.41, 5.74) is 2.74. The van der Waals surface area contributed by atoms with E-state index < -0.39 is 4.92 Å². The van der Waals surface area contributed by atoms with Crippen molar-refractivity contribution in [3.8, 4) is 17.0 Å². The van der Waals surface area contributed by atoms with Gasteiger partial charge in [0.25, 0.3) is 5.69 Å². The van der Waals surface area contributed by atoms with E-state index in [0.29, 0.717) is 27.7 Å². The highest BCUT2D eigenvalue weighted by Gasteiger charge is 2.11. The molecule has 0 aliphatic carbocycles. The van der Waals surface area contributed by atoms with Crippen molar-refractivity contribution in [3.63, 3.8) is 0 Å². The molecule has 3 aromatic rings. The highest BCUT2D eigenvalue weighted by atomic mass is 32.2. The van der Waals surface area contributed by atoms with Crippen LogP contribution in [0.2, 0.25) is 0 Å². The fourth-order valence-electron chi connectivity index (χ4n) is 2.58. The first-order valence-electron chi connectivity index (χ1n) is 8.62. The Balaban J connectivity index is 1.62. The van der Waals surface area contributed by atoms with Crippen molar-refractivity contribution in [3.05, 3.63) is 70.3 Å². The Morgan fingerprint density at radius 3 is 2.69 bits per heavy atom. The maximum Gasteiger partial charge on any atom is 0.270 e. The van der Waals surface area contributed by atoms with E-state index in [1.807, 2.05) is 19.1 Å². The number of nitro benzene ring substituents is 1. The first-order chi connectivity index (χ1) is 14.0. The lowest BCUT2D eigenvalue weighted by molar-refractivity contribution is -0.384. The van der Waals surface area contributed by atoms with Gasteiger partial charge in [0.05, 0.1) is 29.2 Å². The van der Waals surface area contributed by atoms with Crippen LogP contribution in [-0.4, -0.2) is 33.9 Å². The summed E-state index contributed by atoms with van der Waals surface area (Å²) in [6.45, 7) is 1.93. The number of nitrogens with zero attached hydrogens (tertiary/aromatic N) is 3. The van der Waals surface area contributed by atoms with E-state index in [2.05, 4.69) is 15.5 Å². The monoisotopic (exact) mass is 410 g/mol. The summed E-state index contributed by atoms with van der Waals surface area (Å²) in [5, 5.41) is 22.5. The first-order valence-corrected chi connectivity index (χ1v) is 9.60. The molecule has 3 rings (SSSR count). The number of nitrogens with one attached hydrogen (secondary N) is 1. The minimum absolute atomic E-state index is 0.00833. The van der Waals surface area contributed by atoms with E-state index in [1.54, 1.807) is 37.4 Å². The van der Waals surface area contributed by atoms with Crippen molar-refractivity contribution >= 4 is 29.0 Å². The van der Waals surface area contributed by atoms with Crippen LogP contribution in [0, 0.1) is 17.0 Å². The average molecular weight is 410 g/mol. The van der Waals surface area contributed by atoms with Gasteiger partial charge in [-0.15, -0.1) is 10.2 Å². The Morgan fingerprint density at radius 1 is 1.17 bits per heavy atom. The van der Waals surface area contributed by atoms with Gasteiger partial charge in [-0.3, -0.25) is 14.9 Å². The fraction of sp³-hybridized carbons (Fsp3) is 0.150. The van der Waals surface area contributed by atoms with Gasteiger partial charge in [0, 0.05) is 17.7 Å². The molecule has 2 aromatic carbocycles. The zero-order valence-corrected chi connectivity index (χ0v) is 16.6. The number of aromatic nitrogens is 2. The smallest absolute Gasteiger partial charge is 0.270 e. The molecule has 0 radical (unpaired) electrons. The third-order valence-corrected chi connectivity index (χ3v) is 4.89. The molecule has 0 atom stereocenters. The van der Waals surface area contributed by atoms with Gasteiger partial charge in [-0.1, -0.05) is 30.0 Å². The zero-order chi connectivity index (χ0) is 20.8. The van der Waals surface area contributed by atoms with E-state index in [0.717, 1.165) is 5.56 Å². The number of non-ortho nitro benzene ring substituents is 1. The lowest BCUT2D eigenvalue weighted by Crippen LogP contribution is -2.15. The van der Waals surface area contributed by atoms with E-state index in [9.17, 15) is 14.9 Å². The fourth-order valence-corrected chi connectivity index (χ4v) is 3.19. The van der Waals surface area contributed by atoms with Gasteiger partial charge in [0.2, 0.25) is 5.91 Å². The molecule has 1 N–H and O–H groups in total. The van der Waals surface area contributed by atoms with Gasteiger partial charge in [-0.2, -0.15) is 0 Å². The SMILES string of the molecule is COc1ccc(C)cc1NC(=O)CSc1ccc(-c2cccc([N+](=O)[O-])c2)nn1. The molecule has 0 unspecified atom stereocenters. The molecule has 0 fully saturated rings. The van der Waals surface area contributed by atoms with Gasteiger partial charge < -0.3 is 10.1 Å². The van der Waals surface area contributed by atoms with Gasteiger partial charge in [-0.25, -0.2) is 0 Å². The summed E-state index contributed by atoms with van der Waals surface area (Å²) < 4.78 is 5.26. The molecule has 1 heterocycles. The van der Waals surface area contributed by atoms with Gasteiger partial charge in [0.15, 0.2) is 0 Å². The summed E-state index contributed by atoms with van der Waals surface area (Å²) >= 11 is 1.24. The molecular formula is C20H18N4O4S. The number of methoxy groups -OCH3 is 1. The Bertz CT molecular complexity index is 1040. The van der Waals surface area contributed by atoms with Gasteiger partial charge >= 0.3 is 0 Å². The second-order valence-corrected chi connectivity index (χ2v) is 7.10. The van der Waals surface area contributed by atoms with Crippen molar-refractivity contribution in [2.75, 3.05) is 18.2 Å². The predicted molar refractivity (Wildman–Crippen MR) is 111 cm³/mol. The molecule has 8 nitrogen and oxygen atoms in total. The van der Waals surface area contributed by atoms with Crippen molar-refractivity contribution in [1.82, 2.24) is 10.2 Å². The normalized spacial score (nSPS) is 10.4. The summed E-state index contributed by atoms with van der Waals surface area (Å²) in [4.78, 5) is 22.7. The number of thioether (sulfide) groups is 1. The second-order valence-electron chi connectivity index (χ2n) is 6.10. The molecule has 148 valence electrons. The van der Waals surface area contributed by atoms with Crippen molar-refractivity contribution in [1.29, 1.82) is 0 Å². The number of aryl methyl sites for hydroxylation is 1. The molecule has 9 heteroatoms. The van der Waals surface area contributed by atoms with Crippen LogP contribution in [0.15, 0.2) is 59.6 Å². The van der Waals surface area contributed by atoms with E-state index in [1.165, 1.54) is 23.9 Å². The highest BCUT2D eigenvalue weighted by molar-refractivity contribution is 7.99. The minimum Gasteiger partial charge on any atom is -0.495 e. The largest absolute Gasteiger partial charge is 0.495 e. The maximum atomic E-state index is 12.3. The number of anilines is 1. The number of amides is 1. The first kappa shape index (κ1) is 20.3. The van der Waals surface area contributed by atoms with Crippen molar-refractivity contribution in [2.24, 2.45) is 0 Å². The van der Waals surface area contributed by atoms with E-state index in [-0.39, 0.29) is 17.3 Å². The maximum absolute atomic E-state index is 12.3. The van der Waals surface area contributed by atoms with Gasteiger partial charge in [0.1, 0.15) is 10.8 Å². The number of carbonyl (C=O) groups excluding carboxylic acids is 1. The topological polar surface area (TPSA) is 107 Å². The molecule has 0 spiro atoms. The molecule has 0 aliphatic heterocycles. The molecular weight excluding hydrogens is 392 g/mol. The van der Waals surface area contributed by atoms with Crippen LogP contribution in [0.1, 0.15) is 5.56 Å². The number of carbonyl (C=O) groups is 1. The third kappa shape index (κ3) is 5.29. The molecule has 1 amide bonds. The lowest BCUT2D eigenvalue weighted by atomic mass is 10.1. The Kier molecular flexibility index (Phi) is 6.40. The lowest BCUT2D eigenvalue weighted by Gasteiger charge is -2.10. The van der Waals surface area contributed by atoms with Crippen LogP contribution >= 0.6 is 11.8 Å². The second kappa shape index (κ2) is 9.16. The van der Waals surface area contributed by atoms with Crippen LogP contribution in [0.5, 0.6) is 5.75 Å². The van der Waals surface area contributed by atoms with Gasteiger partial charge in [-0.05, 0) is 36.8 Å². The summed E-state index contributed by atoms with van der Waals surface area (Å²) in [6, 6.07) is 15.2. The van der Waals surface area contributed by atoms with Crippen LogP contribution in [-0.2, 0) is 4.79 Å². The molecule has 0 saturated heterocycles. The van der Waals surface area contributed by atoms with Crippen LogP contribution in [0.4, 0.5) is 11.4 Å². The average Bonchev–Trinajstić information content (AvgIpc) is 2.73. The van der Waals surface area contributed by atoms with E-state index in [4.69, 9.17) is 4.74 Å². The number of hydrogen-bond donors (Lipinski definition) is 1. The number of rotatable bonds is 7. The standard InChI is InChI=1S/C20H18N4O4S/c1-13-6-8-18(28-2)17(10-13)21-19(25)12-29-20-9-7-16(22-23-20)14-4-3-5-15(11-14)24(26)27/h3-11H,12H2,1-2H3,(H,21,25). The number of ether oxygens (including phenoxy) is 1. The van der Waals surface area contributed by atoms with Crippen LogP contribution < -0.4 is 10.1 Å². The number of benzene rings is 2. The van der Waals surface area contributed by atoms with Crippen LogP contribution in [0.3, 0.4) is 0 Å². The quantitative estimate of drug-likeness (QED) is 0.355. The molecule has 0 saturated carbocycles. The predicted octanol–water partition coefficient (Wildman–Crippen LogP) is 4.10. The minimum atomic E-state index is -0.455. The molecule has 1 aromatic heterocycles. The van der Waals surface area contributed by atoms with E-state index >= 15 is 0 Å². The van der Waals surface area contributed by atoms with Crippen LogP contribution in [0.25, 0.3) is 11.3 Å². The summed E-state index contributed by atoms with van der Waals surface area (Å²) in [6.07, 6.45) is 0. The zero-order valence-electron chi connectivity index (χ0n) is 15.8. The van der Waals surface area contributed by atoms with Crippen molar-refractivity contribution < 1.29 is 14.5 Å². The molecule has 0 aliphatic rings. The summed E-state index contributed by atoms with van der Waals surface area (Å²) in [7, 11) is 1.55. The molecule has 29 heavy (non-hydrogen) atoms. The summed E-state index contributed by atoms with van der Waals surface area (Å²) in [5.74, 6) is 0.556. The highest BCUT2D eigenvalue weighted by Crippen LogP contribution is 2.26. The third-order valence-electron chi connectivity index (χ3n) is 3.97. The van der Waals surface area contributed by atoms with Crippen molar-refractivity contribution in [2.45, 2.75) is 11.9 Å². The number of nitro groups is 1. The Hall–Kier alpha value is -3.46. The Morgan fingerprint density at radius 2 is 2.00 bits per heavy atom. The number of hydrogen-bond acceptors (Lipinski definition) is 7.